The Hall–Kier alpha value is -3.17. The molecule has 1 saturated heterocycles. The molecule has 9 heteroatoms. The summed E-state index contributed by atoms with van der Waals surface area (Å²) in [6, 6.07) is 14.6. The Morgan fingerprint density at radius 2 is 1.71 bits per heavy atom. The number of sulfonamides is 1. The van der Waals surface area contributed by atoms with Crippen LogP contribution in [0, 0.1) is 6.92 Å². The number of piperidine rings is 1. The molecule has 0 saturated carbocycles. The molecule has 1 aliphatic heterocycles. The number of carbonyl (C=O) groups is 2. The molecule has 2 heterocycles. The molecule has 2 aromatic carbocycles. The van der Waals surface area contributed by atoms with Crippen molar-refractivity contribution in [3.63, 3.8) is 0 Å². The maximum Gasteiger partial charge on any atom is 0.309 e. The summed E-state index contributed by atoms with van der Waals surface area (Å²) < 4.78 is 27.9. The van der Waals surface area contributed by atoms with Gasteiger partial charge in [0.15, 0.2) is 0 Å². The normalized spacial score (nSPS) is 16.8. The van der Waals surface area contributed by atoms with Crippen LogP contribution >= 0.6 is 0 Å². The summed E-state index contributed by atoms with van der Waals surface area (Å²) in [5.74, 6) is -1.38. The zero-order valence-corrected chi connectivity index (χ0v) is 20.7. The molecule has 0 radical (unpaired) electrons. The van der Waals surface area contributed by atoms with Crippen LogP contribution in [0.3, 0.4) is 0 Å². The van der Waals surface area contributed by atoms with Crippen molar-refractivity contribution >= 4 is 32.7 Å². The lowest BCUT2D eigenvalue weighted by molar-refractivity contribution is -0.139. The summed E-state index contributed by atoms with van der Waals surface area (Å²) in [4.78, 5) is 28.0. The minimum atomic E-state index is -3.61. The molecular formula is C26H32N4O4S. The third-order valence-corrected chi connectivity index (χ3v) is 8.49. The molecule has 1 unspecified atom stereocenters. The van der Waals surface area contributed by atoms with Gasteiger partial charge in [-0.2, -0.15) is 4.31 Å². The molecule has 8 nitrogen and oxygen atoms in total. The number of para-hydroxylation sites is 1. The molecule has 1 aromatic heterocycles. The van der Waals surface area contributed by atoms with Gasteiger partial charge in [0.2, 0.25) is 10.0 Å². The third kappa shape index (κ3) is 5.91. The van der Waals surface area contributed by atoms with Crippen LogP contribution in [0.4, 0.5) is 0 Å². The number of hydrogen-bond donors (Lipinski definition) is 3. The minimum absolute atomic E-state index is 0.208. The molecule has 3 aromatic rings. The van der Waals surface area contributed by atoms with E-state index in [-0.39, 0.29) is 17.5 Å². The number of aromatic amines is 1. The van der Waals surface area contributed by atoms with E-state index in [4.69, 9.17) is 0 Å². The van der Waals surface area contributed by atoms with E-state index in [0.29, 0.717) is 25.9 Å². The first-order valence-electron chi connectivity index (χ1n) is 12.1. The Balaban J connectivity index is 1.25. The molecule has 3 N–H and O–H groups in total. The zero-order valence-electron chi connectivity index (χ0n) is 19.9. The maximum absolute atomic E-state index is 13.2. The van der Waals surface area contributed by atoms with Gasteiger partial charge >= 0.3 is 11.8 Å². The number of benzene rings is 2. The number of H-pyrrole nitrogens is 1. The standard InChI is InChI=1S/C26H32N4O4S/c1-19-9-11-22(12-10-19)35(33,34)30-17-5-4-6-21(30)14-16-28-26(32)25(31)27-15-13-20-18-29-24-8-3-2-7-23(20)24/h2-3,7-12,18,21,29H,4-6,13-17H2,1H3,(H,27,31)(H,28,32). The van der Waals surface area contributed by atoms with Gasteiger partial charge in [0, 0.05) is 42.8 Å². The summed E-state index contributed by atoms with van der Waals surface area (Å²) in [6.45, 7) is 2.96. The van der Waals surface area contributed by atoms with Gasteiger partial charge in [-0.3, -0.25) is 9.59 Å². The van der Waals surface area contributed by atoms with Gasteiger partial charge < -0.3 is 15.6 Å². The molecule has 2 amide bonds. The van der Waals surface area contributed by atoms with Crippen LogP contribution in [-0.4, -0.2) is 55.2 Å². The van der Waals surface area contributed by atoms with Crippen molar-refractivity contribution < 1.29 is 18.0 Å². The van der Waals surface area contributed by atoms with Gasteiger partial charge in [-0.15, -0.1) is 0 Å². The van der Waals surface area contributed by atoms with Crippen molar-refractivity contribution in [1.29, 1.82) is 0 Å². The topological polar surface area (TPSA) is 111 Å². The van der Waals surface area contributed by atoms with E-state index in [2.05, 4.69) is 15.6 Å². The Morgan fingerprint density at radius 3 is 2.49 bits per heavy atom. The fraction of sp³-hybridized carbons (Fsp3) is 0.385. The van der Waals surface area contributed by atoms with Crippen LogP contribution in [0.5, 0.6) is 0 Å². The molecular weight excluding hydrogens is 464 g/mol. The van der Waals surface area contributed by atoms with Crippen LogP contribution in [0.1, 0.15) is 36.8 Å². The van der Waals surface area contributed by atoms with Crippen LogP contribution in [-0.2, 0) is 26.0 Å². The van der Waals surface area contributed by atoms with Crippen molar-refractivity contribution in [3.8, 4) is 0 Å². The first-order chi connectivity index (χ1) is 16.9. The molecule has 0 spiro atoms. The predicted molar refractivity (Wildman–Crippen MR) is 135 cm³/mol. The fourth-order valence-electron chi connectivity index (χ4n) is 4.59. The summed E-state index contributed by atoms with van der Waals surface area (Å²) >= 11 is 0. The highest BCUT2D eigenvalue weighted by atomic mass is 32.2. The molecule has 0 aliphatic carbocycles. The minimum Gasteiger partial charge on any atom is -0.361 e. The molecule has 1 aliphatic rings. The largest absolute Gasteiger partial charge is 0.361 e. The average molecular weight is 497 g/mol. The number of rotatable bonds is 8. The van der Waals surface area contributed by atoms with Gasteiger partial charge in [0.1, 0.15) is 0 Å². The number of carbonyl (C=O) groups excluding carboxylic acids is 2. The van der Waals surface area contributed by atoms with Gasteiger partial charge in [0.25, 0.3) is 0 Å². The predicted octanol–water partition coefficient (Wildman–Crippen LogP) is 2.88. The van der Waals surface area contributed by atoms with Crippen molar-refractivity contribution in [1.82, 2.24) is 19.9 Å². The van der Waals surface area contributed by atoms with Gasteiger partial charge in [-0.1, -0.05) is 42.3 Å². The number of nitrogens with zero attached hydrogens (tertiary/aromatic N) is 1. The SMILES string of the molecule is Cc1ccc(S(=O)(=O)N2CCCCC2CCNC(=O)C(=O)NCCc2c[nH]c3ccccc23)cc1. The zero-order chi connectivity index (χ0) is 24.8. The fourth-order valence-corrected chi connectivity index (χ4v) is 6.31. The lowest BCUT2D eigenvalue weighted by Gasteiger charge is -2.34. The van der Waals surface area contributed by atoms with E-state index in [1.807, 2.05) is 37.4 Å². The highest BCUT2D eigenvalue weighted by molar-refractivity contribution is 7.89. The van der Waals surface area contributed by atoms with Crippen LogP contribution in [0.2, 0.25) is 0 Å². The summed E-state index contributed by atoms with van der Waals surface area (Å²) in [5.41, 5.74) is 3.11. The molecule has 186 valence electrons. The Bertz CT molecular complexity index is 1280. The average Bonchev–Trinajstić information content (AvgIpc) is 3.27. The Kier molecular flexibility index (Phi) is 7.87. The van der Waals surface area contributed by atoms with Crippen molar-refractivity contribution in [2.75, 3.05) is 19.6 Å². The van der Waals surface area contributed by atoms with Crippen molar-refractivity contribution in [2.24, 2.45) is 0 Å². The first-order valence-corrected chi connectivity index (χ1v) is 13.5. The number of hydrogen-bond acceptors (Lipinski definition) is 4. The quantitative estimate of drug-likeness (QED) is 0.417. The highest BCUT2D eigenvalue weighted by Gasteiger charge is 2.33. The molecule has 1 atom stereocenters. The van der Waals surface area contributed by atoms with E-state index >= 15 is 0 Å². The van der Waals surface area contributed by atoms with E-state index in [1.54, 1.807) is 28.6 Å². The van der Waals surface area contributed by atoms with E-state index in [1.165, 1.54) is 0 Å². The van der Waals surface area contributed by atoms with Gasteiger partial charge in [-0.25, -0.2) is 8.42 Å². The lowest BCUT2D eigenvalue weighted by Crippen LogP contribution is -2.46. The molecule has 0 bridgehead atoms. The first kappa shape index (κ1) is 24.9. The Labute approximate surface area is 206 Å². The summed E-state index contributed by atoms with van der Waals surface area (Å²) in [5, 5.41) is 6.41. The van der Waals surface area contributed by atoms with Crippen LogP contribution < -0.4 is 10.6 Å². The van der Waals surface area contributed by atoms with Gasteiger partial charge in [-0.05, 0) is 56.4 Å². The molecule has 1 fully saturated rings. The van der Waals surface area contributed by atoms with Crippen LogP contribution in [0.15, 0.2) is 59.6 Å². The number of aryl methyl sites for hydroxylation is 1. The number of nitrogens with one attached hydrogen (secondary N) is 3. The second-order valence-electron chi connectivity index (χ2n) is 8.99. The maximum atomic E-state index is 13.2. The number of amides is 2. The van der Waals surface area contributed by atoms with Gasteiger partial charge in [0.05, 0.1) is 4.90 Å². The Morgan fingerprint density at radius 1 is 1.00 bits per heavy atom. The smallest absolute Gasteiger partial charge is 0.309 e. The monoisotopic (exact) mass is 496 g/mol. The second-order valence-corrected chi connectivity index (χ2v) is 10.9. The second kappa shape index (κ2) is 11.0. The van der Waals surface area contributed by atoms with Crippen LogP contribution in [0.25, 0.3) is 10.9 Å². The summed E-state index contributed by atoms with van der Waals surface area (Å²) in [7, 11) is -3.61. The molecule has 4 rings (SSSR count). The lowest BCUT2D eigenvalue weighted by atomic mass is 10.0. The molecule has 35 heavy (non-hydrogen) atoms. The highest BCUT2D eigenvalue weighted by Crippen LogP contribution is 2.27. The van der Waals surface area contributed by atoms with E-state index in [9.17, 15) is 18.0 Å². The third-order valence-electron chi connectivity index (χ3n) is 6.52. The van der Waals surface area contributed by atoms with Crippen molar-refractivity contribution in [3.05, 3.63) is 65.9 Å². The van der Waals surface area contributed by atoms with E-state index in [0.717, 1.165) is 41.3 Å². The van der Waals surface area contributed by atoms with E-state index < -0.39 is 21.8 Å². The number of aromatic nitrogens is 1. The summed E-state index contributed by atoms with van der Waals surface area (Å²) in [6.07, 6.45) is 5.46. The number of fused-ring (bicyclic) bond motifs is 1. The van der Waals surface area contributed by atoms with Crippen molar-refractivity contribution in [2.45, 2.75) is 50.0 Å².